The van der Waals surface area contributed by atoms with Gasteiger partial charge in [0.15, 0.2) is 0 Å². The number of nitrogens with zero attached hydrogens (tertiary/aromatic N) is 1. The zero-order valence-electron chi connectivity index (χ0n) is 10.6. The Labute approximate surface area is 107 Å². The number of fused-ring (bicyclic) bond motifs is 5. The molecule has 1 aromatic rings. The van der Waals surface area contributed by atoms with Gasteiger partial charge in [0, 0.05) is 24.1 Å². The topological polar surface area (TPSA) is 29.5 Å². The van der Waals surface area contributed by atoms with Gasteiger partial charge < -0.3 is 4.74 Å². The second kappa shape index (κ2) is 3.35. The standard InChI is InChI=1S/C15H17NO2/c1-15-11(9-16-8-4-7-13(15)16)10-5-2-3-6-12(10)18-14(15)17/h2-3,5-6,11,13H,4,7-9H2,1H3/t11-,13+,15+/m1/s1. The van der Waals surface area contributed by atoms with Crippen LogP contribution in [0.15, 0.2) is 24.3 Å². The van der Waals surface area contributed by atoms with Crippen molar-refractivity contribution in [1.29, 1.82) is 0 Å². The zero-order chi connectivity index (χ0) is 12.3. The molecule has 2 saturated heterocycles. The highest BCUT2D eigenvalue weighted by atomic mass is 16.5. The molecule has 4 rings (SSSR count). The minimum absolute atomic E-state index is 0.0272. The van der Waals surface area contributed by atoms with Crippen molar-refractivity contribution < 1.29 is 9.53 Å². The average molecular weight is 243 g/mol. The highest BCUT2D eigenvalue weighted by Gasteiger charge is 2.60. The van der Waals surface area contributed by atoms with Crippen LogP contribution < -0.4 is 4.74 Å². The minimum atomic E-state index is -0.342. The van der Waals surface area contributed by atoms with E-state index in [1.54, 1.807) is 0 Å². The summed E-state index contributed by atoms with van der Waals surface area (Å²) in [5, 5.41) is 0. The molecule has 0 radical (unpaired) electrons. The molecule has 3 nitrogen and oxygen atoms in total. The maximum atomic E-state index is 12.5. The summed E-state index contributed by atoms with van der Waals surface area (Å²) in [6, 6.07) is 8.39. The monoisotopic (exact) mass is 243 g/mol. The lowest BCUT2D eigenvalue weighted by Gasteiger charge is -2.37. The fourth-order valence-electron chi connectivity index (χ4n) is 4.15. The molecule has 0 N–H and O–H groups in total. The van der Waals surface area contributed by atoms with E-state index in [1.807, 2.05) is 18.2 Å². The number of carbonyl (C=O) groups is 1. The van der Waals surface area contributed by atoms with Crippen LogP contribution in [0.1, 0.15) is 31.2 Å². The van der Waals surface area contributed by atoms with E-state index in [-0.39, 0.29) is 11.4 Å². The Morgan fingerprint density at radius 3 is 3.11 bits per heavy atom. The number of ether oxygens (including phenoxy) is 1. The van der Waals surface area contributed by atoms with E-state index >= 15 is 0 Å². The van der Waals surface area contributed by atoms with E-state index in [4.69, 9.17) is 4.74 Å². The molecule has 3 aliphatic heterocycles. The van der Waals surface area contributed by atoms with Crippen molar-refractivity contribution >= 4 is 5.97 Å². The molecule has 0 aliphatic carbocycles. The molecule has 94 valence electrons. The fraction of sp³-hybridized carbons (Fsp3) is 0.533. The van der Waals surface area contributed by atoms with Crippen molar-refractivity contribution in [2.24, 2.45) is 5.41 Å². The fourth-order valence-corrected chi connectivity index (χ4v) is 4.15. The molecule has 1 aromatic carbocycles. The molecular formula is C15H17NO2. The maximum Gasteiger partial charge on any atom is 0.319 e. The molecule has 3 heterocycles. The van der Waals surface area contributed by atoms with E-state index in [2.05, 4.69) is 17.9 Å². The summed E-state index contributed by atoms with van der Waals surface area (Å²) >= 11 is 0. The van der Waals surface area contributed by atoms with Gasteiger partial charge in [-0.05, 0) is 32.4 Å². The third kappa shape index (κ3) is 1.11. The van der Waals surface area contributed by atoms with Gasteiger partial charge in [-0.2, -0.15) is 0 Å². The summed E-state index contributed by atoms with van der Waals surface area (Å²) in [6.07, 6.45) is 2.34. The molecule has 0 unspecified atom stereocenters. The highest BCUT2D eigenvalue weighted by Crippen LogP contribution is 2.55. The number of hydrogen-bond acceptors (Lipinski definition) is 3. The van der Waals surface area contributed by atoms with Gasteiger partial charge in [-0.25, -0.2) is 0 Å². The molecule has 0 saturated carbocycles. The van der Waals surface area contributed by atoms with Crippen LogP contribution >= 0.6 is 0 Å². The summed E-state index contributed by atoms with van der Waals surface area (Å²) in [5.41, 5.74) is 0.874. The predicted molar refractivity (Wildman–Crippen MR) is 67.5 cm³/mol. The highest BCUT2D eigenvalue weighted by molar-refractivity contribution is 5.84. The smallest absolute Gasteiger partial charge is 0.319 e. The largest absolute Gasteiger partial charge is 0.426 e. The van der Waals surface area contributed by atoms with E-state index in [0.29, 0.717) is 12.0 Å². The van der Waals surface area contributed by atoms with Crippen LogP contribution in [-0.4, -0.2) is 30.0 Å². The van der Waals surface area contributed by atoms with Crippen LogP contribution in [0.5, 0.6) is 5.75 Å². The lowest BCUT2D eigenvalue weighted by Crippen LogP contribution is -2.46. The third-order valence-electron chi connectivity index (χ3n) is 5.13. The summed E-state index contributed by atoms with van der Waals surface area (Å²) in [5.74, 6) is 1.05. The van der Waals surface area contributed by atoms with Crippen LogP contribution in [0.3, 0.4) is 0 Å². The molecule has 3 heteroatoms. The van der Waals surface area contributed by atoms with Crippen LogP contribution in [-0.2, 0) is 4.79 Å². The van der Waals surface area contributed by atoms with Crippen LogP contribution in [0.4, 0.5) is 0 Å². The van der Waals surface area contributed by atoms with Gasteiger partial charge in [0.05, 0.1) is 5.41 Å². The van der Waals surface area contributed by atoms with Crippen molar-refractivity contribution in [3.8, 4) is 5.75 Å². The average Bonchev–Trinajstić information content (AvgIpc) is 2.92. The Bertz CT molecular complexity index is 527. The lowest BCUT2D eigenvalue weighted by atomic mass is 9.69. The van der Waals surface area contributed by atoms with Crippen LogP contribution in [0.2, 0.25) is 0 Å². The molecule has 0 aromatic heterocycles. The first-order valence-electron chi connectivity index (χ1n) is 6.76. The minimum Gasteiger partial charge on any atom is -0.426 e. The van der Waals surface area contributed by atoms with E-state index in [9.17, 15) is 4.79 Å². The van der Waals surface area contributed by atoms with Gasteiger partial charge in [-0.15, -0.1) is 0 Å². The van der Waals surface area contributed by atoms with Crippen molar-refractivity contribution in [2.75, 3.05) is 13.1 Å². The normalized spacial score (nSPS) is 37.9. The zero-order valence-corrected chi connectivity index (χ0v) is 10.6. The number of rotatable bonds is 0. The van der Waals surface area contributed by atoms with E-state index in [0.717, 1.165) is 25.3 Å². The molecule has 0 amide bonds. The number of carbonyl (C=O) groups excluding carboxylic acids is 1. The first-order valence-corrected chi connectivity index (χ1v) is 6.76. The van der Waals surface area contributed by atoms with Crippen LogP contribution in [0.25, 0.3) is 0 Å². The summed E-state index contributed by atoms with van der Waals surface area (Å²) < 4.78 is 5.59. The molecule has 2 fully saturated rings. The first-order chi connectivity index (χ1) is 8.71. The van der Waals surface area contributed by atoms with E-state index < -0.39 is 0 Å². The molecule has 0 spiro atoms. The first kappa shape index (κ1) is 10.6. The Balaban J connectivity index is 1.88. The molecule has 3 aliphatic rings. The summed E-state index contributed by atoms with van der Waals surface area (Å²) in [7, 11) is 0. The van der Waals surface area contributed by atoms with Gasteiger partial charge in [0.2, 0.25) is 0 Å². The Morgan fingerprint density at radius 1 is 1.39 bits per heavy atom. The summed E-state index contributed by atoms with van der Waals surface area (Å²) in [4.78, 5) is 14.9. The molecular weight excluding hydrogens is 226 g/mol. The second-order valence-corrected chi connectivity index (χ2v) is 5.92. The van der Waals surface area contributed by atoms with Gasteiger partial charge in [-0.3, -0.25) is 9.69 Å². The Morgan fingerprint density at radius 2 is 2.22 bits per heavy atom. The van der Waals surface area contributed by atoms with Gasteiger partial charge >= 0.3 is 5.97 Å². The van der Waals surface area contributed by atoms with Crippen molar-refractivity contribution in [1.82, 2.24) is 4.90 Å². The number of benzene rings is 1. The summed E-state index contributed by atoms with van der Waals surface area (Å²) in [6.45, 7) is 4.24. The number of hydrogen-bond donors (Lipinski definition) is 0. The predicted octanol–water partition coefficient (Wildman–Crippen LogP) is 2.17. The Kier molecular flexibility index (Phi) is 1.97. The molecule has 0 bridgehead atoms. The van der Waals surface area contributed by atoms with Crippen molar-refractivity contribution in [3.63, 3.8) is 0 Å². The van der Waals surface area contributed by atoms with E-state index in [1.165, 1.54) is 12.0 Å². The SMILES string of the molecule is C[C@]12C(=O)Oc3ccccc3[C@H]1CN1CCC[C@H]12. The quantitative estimate of drug-likeness (QED) is 0.516. The lowest BCUT2D eigenvalue weighted by molar-refractivity contribution is -0.148. The molecule has 18 heavy (non-hydrogen) atoms. The molecule has 3 atom stereocenters. The maximum absolute atomic E-state index is 12.5. The number of esters is 1. The van der Waals surface area contributed by atoms with Crippen molar-refractivity contribution in [2.45, 2.75) is 31.7 Å². The van der Waals surface area contributed by atoms with Crippen molar-refractivity contribution in [3.05, 3.63) is 29.8 Å². The van der Waals surface area contributed by atoms with Gasteiger partial charge in [-0.1, -0.05) is 18.2 Å². The Hall–Kier alpha value is -1.35. The number of para-hydroxylation sites is 1. The van der Waals surface area contributed by atoms with Gasteiger partial charge in [0.1, 0.15) is 5.75 Å². The second-order valence-electron chi connectivity index (χ2n) is 5.92. The van der Waals surface area contributed by atoms with Gasteiger partial charge in [0.25, 0.3) is 0 Å². The third-order valence-corrected chi connectivity index (χ3v) is 5.13. The van der Waals surface area contributed by atoms with Crippen LogP contribution in [0, 0.1) is 5.41 Å².